The van der Waals surface area contributed by atoms with E-state index in [4.69, 9.17) is 10.5 Å². The highest BCUT2D eigenvalue weighted by Gasteiger charge is 2.57. The number of benzene rings is 2. The number of hydrogen-bond donors (Lipinski definition) is 4. The lowest BCUT2D eigenvalue weighted by molar-refractivity contribution is -0.265. The van der Waals surface area contributed by atoms with Gasteiger partial charge in [-0.2, -0.15) is 22.0 Å². The number of rotatable bonds is 8. The van der Waals surface area contributed by atoms with Gasteiger partial charge in [-0.3, -0.25) is 19.4 Å². The first-order valence-electron chi connectivity index (χ1n) is 13.3. The number of hydrogen-bond acceptors (Lipinski definition) is 7. The zero-order valence-corrected chi connectivity index (χ0v) is 23.6. The molecule has 4 aromatic rings. The number of nitrogens with zero attached hydrogens (tertiary/aromatic N) is 2. The third-order valence-electron chi connectivity index (χ3n) is 7.55. The summed E-state index contributed by atoms with van der Waals surface area (Å²) in [6.45, 7) is -0.547. The van der Waals surface area contributed by atoms with Crippen molar-refractivity contribution >= 4 is 34.3 Å². The predicted molar refractivity (Wildman–Crippen MR) is 150 cm³/mol. The van der Waals surface area contributed by atoms with Crippen molar-refractivity contribution in [2.24, 2.45) is 5.73 Å². The SMILES string of the molecule is C[C@]1(C(N)=O)COc2c1cc(C(O)(CNC(=O)c1cc(NC(=O)C(F)F)c3ncccc3c1)C(F)(F)F)nc2-c1ccc(F)cc1. The Morgan fingerprint density at radius 2 is 1.80 bits per heavy atom. The van der Waals surface area contributed by atoms with Crippen LogP contribution in [0.2, 0.25) is 0 Å². The van der Waals surface area contributed by atoms with Crippen molar-refractivity contribution in [3.8, 4) is 17.0 Å². The molecule has 0 radical (unpaired) electrons. The molecule has 5 N–H and O–H groups in total. The molecule has 0 saturated heterocycles. The molecule has 1 unspecified atom stereocenters. The molecule has 2 atom stereocenters. The van der Waals surface area contributed by atoms with E-state index in [0.717, 1.165) is 24.3 Å². The van der Waals surface area contributed by atoms with Crippen molar-refractivity contribution in [2.75, 3.05) is 18.5 Å². The van der Waals surface area contributed by atoms with E-state index < -0.39 is 59.4 Å². The molecule has 0 saturated carbocycles. The number of halogens is 6. The van der Waals surface area contributed by atoms with Gasteiger partial charge in [-0.25, -0.2) is 9.37 Å². The number of aliphatic hydroxyl groups is 1. The fraction of sp³-hybridized carbons (Fsp3) is 0.233. The van der Waals surface area contributed by atoms with Gasteiger partial charge in [-0.15, -0.1) is 0 Å². The van der Waals surface area contributed by atoms with Crippen LogP contribution in [0.5, 0.6) is 5.75 Å². The Kier molecular flexibility index (Phi) is 8.10. The summed E-state index contributed by atoms with van der Waals surface area (Å²) < 4.78 is 89.2. The van der Waals surface area contributed by atoms with E-state index in [-0.39, 0.29) is 51.3 Å². The van der Waals surface area contributed by atoms with Gasteiger partial charge in [-0.1, -0.05) is 6.07 Å². The molecule has 0 spiro atoms. The molecule has 1 aliphatic rings. The summed E-state index contributed by atoms with van der Waals surface area (Å²) in [5.74, 6) is -4.60. The van der Waals surface area contributed by atoms with Crippen LogP contribution in [-0.2, 0) is 20.6 Å². The number of nitrogens with one attached hydrogen (secondary N) is 2. The maximum absolute atomic E-state index is 14.7. The van der Waals surface area contributed by atoms with E-state index in [0.29, 0.717) is 0 Å². The van der Waals surface area contributed by atoms with Crippen LogP contribution in [0, 0.1) is 5.82 Å². The van der Waals surface area contributed by atoms with Crippen LogP contribution in [0.1, 0.15) is 28.5 Å². The molecule has 0 fully saturated rings. The normalized spacial score (nSPS) is 17.2. The van der Waals surface area contributed by atoms with E-state index in [9.17, 15) is 45.8 Å². The molecule has 3 amide bonds. The zero-order chi connectivity index (χ0) is 33.6. The van der Waals surface area contributed by atoms with E-state index in [1.807, 2.05) is 10.6 Å². The summed E-state index contributed by atoms with van der Waals surface area (Å²) in [6, 6.07) is 10.2. The van der Waals surface area contributed by atoms with Gasteiger partial charge in [0.15, 0.2) is 0 Å². The first-order valence-corrected chi connectivity index (χ1v) is 13.3. The van der Waals surface area contributed by atoms with Crippen molar-refractivity contribution in [3.05, 3.63) is 83.4 Å². The smallest absolute Gasteiger partial charge is 0.424 e. The number of nitrogens with two attached hydrogens (primary N) is 1. The monoisotopic (exact) mass is 647 g/mol. The van der Waals surface area contributed by atoms with E-state index in [2.05, 4.69) is 9.97 Å². The van der Waals surface area contributed by atoms with Crippen LogP contribution in [0.4, 0.5) is 32.0 Å². The number of anilines is 1. The average Bonchev–Trinajstić information content (AvgIpc) is 3.36. The van der Waals surface area contributed by atoms with Crippen molar-refractivity contribution in [1.82, 2.24) is 15.3 Å². The Bertz CT molecular complexity index is 1870. The number of carbonyl (C=O) groups is 3. The number of ether oxygens (including phenoxy) is 1. The van der Waals surface area contributed by atoms with Crippen LogP contribution in [0.25, 0.3) is 22.2 Å². The van der Waals surface area contributed by atoms with Crippen molar-refractivity contribution in [1.29, 1.82) is 0 Å². The molecule has 16 heteroatoms. The summed E-state index contributed by atoms with van der Waals surface area (Å²) in [7, 11) is 0. The number of alkyl halides is 5. The molecular formula is C30H23F6N5O5. The van der Waals surface area contributed by atoms with Crippen LogP contribution in [-0.4, -0.2) is 58.5 Å². The number of pyridine rings is 2. The maximum Gasteiger partial charge on any atom is 0.424 e. The number of amides is 3. The molecule has 46 heavy (non-hydrogen) atoms. The standard InChI is InChI=1S/C30H23F6N5O5/c1-28(27(37)44)13-46-23-18(28)11-20(41-22(23)14-4-6-17(31)7-5-14)29(45,30(34,35)36)12-39-25(42)16-9-15-3-2-8-38-21(15)19(10-16)40-26(43)24(32)33/h2-11,24,45H,12-13H2,1H3,(H2,37,44)(H,39,42)(H,40,43)/t28-,29?/m0/s1. The summed E-state index contributed by atoms with van der Waals surface area (Å²) in [5.41, 5.74) is -1.94. The number of primary amides is 1. The zero-order valence-electron chi connectivity index (χ0n) is 23.6. The van der Waals surface area contributed by atoms with Gasteiger partial charge >= 0.3 is 12.6 Å². The number of fused-ring (bicyclic) bond motifs is 2. The second-order valence-electron chi connectivity index (χ2n) is 10.7. The van der Waals surface area contributed by atoms with Gasteiger partial charge in [0.05, 0.1) is 23.4 Å². The topological polar surface area (TPSA) is 157 Å². The van der Waals surface area contributed by atoms with Crippen LogP contribution < -0.4 is 21.1 Å². The van der Waals surface area contributed by atoms with Gasteiger partial charge in [-0.05, 0) is 55.5 Å². The van der Waals surface area contributed by atoms with E-state index >= 15 is 0 Å². The first kappa shape index (κ1) is 32.2. The highest BCUT2D eigenvalue weighted by atomic mass is 19.4. The van der Waals surface area contributed by atoms with E-state index in [1.165, 1.54) is 43.5 Å². The molecule has 2 aromatic carbocycles. The predicted octanol–water partition coefficient (Wildman–Crippen LogP) is 3.95. The highest BCUT2D eigenvalue weighted by molar-refractivity contribution is 6.06. The van der Waals surface area contributed by atoms with Crippen LogP contribution in [0.15, 0.2) is 60.8 Å². The minimum atomic E-state index is -5.48. The highest BCUT2D eigenvalue weighted by Crippen LogP contribution is 2.47. The number of aromatic nitrogens is 2. The third kappa shape index (κ3) is 5.66. The lowest BCUT2D eigenvalue weighted by Gasteiger charge is -2.31. The Morgan fingerprint density at radius 1 is 1.11 bits per heavy atom. The second-order valence-corrected chi connectivity index (χ2v) is 10.7. The molecule has 10 nitrogen and oxygen atoms in total. The van der Waals surface area contributed by atoms with E-state index in [1.54, 1.807) is 0 Å². The lowest BCUT2D eigenvalue weighted by Crippen LogP contribution is -2.51. The average molecular weight is 648 g/mol. The quantitative estimate of drug-likeness (QED) is 0.211. The fourth-order valence-corrected chi connectivity index (χ4v) is 4.85. The fourth-order valence-electron chi connectivity index (χ4n) is 4.85. The first-order chi connectivity index (χ1) is 21.5. The molecule has 2 aromatic heterocycles. The maximum atomic E-state index is 14.7. The van der Waals surface area contributed by atoms with Gasteiger partial charge < -0.3 is 26.2 Å². The third-order valence-corrected chi connectivity index (χ3v) is 7.55. The molecule has 0 bridgehead atoms. The summed E-state index contributed by atoms with van der Waals surface area (Å²) in [6.07, 6.45) is -7.60. The van der Waals surface area contributed by atoms with Crippen molar-refractivity contribution in [2.45, 2.75) is 30.5 Å². The van der Waals surface area contributed by atoms with Crippen LogP contribution >= 0.6 is 0 Å². The summed E-state index contributed by atoms with van der Waals surface area (Å²) in [4.78, 5) is 45.2. The largest absolute Gasteiger partial charge is 0.489 e. The van der Waals surface area contributed by atoms with Crippen molar-refractivity contribution < 1.29 is 50.6 Å². The lowest BCUT2D eigenvalue weighted by atomic mass is 9.81. The minimum Gasteiger partial charge on any atom is -0.489 e. The molecule has 0 aliphatic carbocycles. The summed E-state index contributed by atoms with van der Waals surface area (Å²) >= 11 is 0. The summed E-state index contributed by atoms with van der Waals surface area (Å²) in [5, 5.41) is 15.3. The molecule has 3 heterocycles. The molecular weight excluding hydrogens is 624 g/mol. The van der Waals surface area contributed by atoms with Crippen molar-refractivity contribution in [3.63, 3.8) is 0 Å². The van der Waals surface area contributed by atoms with Gasteiger partial charge in [0.1, 0.15) is 29.3 Å². The van der Waals surface area contributed by atoms with Crippen LogP contribution in [0.3, 0.4) is 0 Å². The second kappa shape index (κ2) is 11.6. The molecule has 1 aliphatic heterocycles. The number of carbonyl (C=O) groups excluding carboxylic acids is 3. The Labute approximate surface area is 255 Å². The Balaban J connectivity index is 1.57. The van der Waals surface area contributed by atoms with Gasteiger partial charge in [0, 0.05) is 28.3 Å². The minimum absolute atomic E-state index is 0.0234. The molecule has 5 rings (SSSR count). The Hall–Kier alpha value is -5.25. The van der Waals surface area contributed by atoms with Gasteiger partial charge in [0.2, 0.25) is 11.5 Å². The Morgan fingerprint density at radius 3 is 2.43 bits per heavy atom. The molecule has 240 valence electrons. The van der Waals surface area contributed by atoms with Gasteiger partial charge in [0.25, 0.3) is 11.8 Å².